The van der Waals surface area contributed by atoms with Crippen molar-refractivity contribution in [3.8, 4) is 11.5 Å². The van der Waals surface area contributed by atoms with Crippen LogP contribution < -0.4 is 4.74 Å². The van der Waals surface area contributed by atoms with Gasteiger partial charge in [0.15, 0.2) is 11.5 Å². The minimum Gasteiger partial charge on any atom is -0.503 e. The van der Waals surface area contributed by atoms with E-state index in [1.54, 1.807) is 0 Å². The molecule has 4 nitrogen and oxygen atoms in total. The average Bonchev–Trinajstić information content (AvgIpc) is 2.48. The molecule has 3 heterocycles. The molecule has 2 unspecified atom stereocenters. The molecule has 0 aliphatic carbocycles. The lowest BCUT2D eigenvalue weighted by Gasteiger charge is -2.49. The number of phenolic OH excluding ortho intramolecular Hbond substituents is 1. The number of phenols is 1. The third-order valence-corrected chi connectivity index (χ3v) is 5.36. The summed E-state index contributed by atoms with van der Waals surface area (Å²) in [7, 11) is 0. The highest BCUT2D eigenvalue weighted by Crippen LogP contribution is 2.38. The second kappa shape index (κ2) is 6.15. The second-order valence-corrected chi connectivity index (χ2v) is 6.85. The molecule has 2 N–H and O–H groups in total. The fourth-order valence-corrected chi connectivity index (χ4v) is 4.11. The van der Waals surface area contributed by atoms with Crippen LogP contribution in [0.2, 0.25) is 0 Å². The molecule has 116 valence electrons. The first-order valence-electron chi connectivity index (χ1n) is 7.66. The number of nitrogens with zero attached hydrogens (tertiary/aromatic N) is 1. The Kier molecular flexibility index (Phi) is 4.43. The van der Waals surface area contributed by atoms with Crippen LogP contribution in [0.3, 0.4) is 0 Å². The van der Waals surface area contributed by atoms with E-state index in [4.69, 9.17) is 4.74 Å². The molecule has 3 fully saturated rings. The lowest BCUT2D eigenvalue weighted by molar-refractivity contribution is -0.0715. The fourth-order valence-electron chi connectivity index (χ4n) is 3.62. The highest BCUT2D eigenvalue weighted by molar-refractivity contribution is 9.10. The minimum atomic E-state index is -0.240. The van der Waals surface area contributed by atoms with Gasteiger partial charge in [0.2, 0.25) is 0 Å². The normalized spacial score (nSPS) is 31.4. The zero-order chi connectivity index (χ0) is 15.0. The molecule has 1 aromatic rings. The standard InChI is InChI=1S/C16H22BrNO3/c1-2-21-14-9-10(7-12(17)16(14)20)8-13-15(19)11-3-5-18(13)6-4-11/h7,9,11,13,15,19-20H,2-6,8H2,1H3. The van der Waals surface area contributed by atoms with Gasteiger partial charge in [-0.2, -0.15) is 0 Å². The highest BCUT2D eigenvalue weighted by atomic mass is 79.9. The molecule has 21 heavy (non-hydrogen) atoms. The number of aromatic hydroxyl groups is 1. The largest absolute Gasteiger partial charge is 0.503 e. The predicted octanol–water partition coefficient (Wildman–Crippen LogP) is 2.55. The average molecular weight is 356 g/mol. The number of hydrogen-bond acceptors (Lipinski definition) is 4. The molecule has 0 saturated carbocycles. The van der Waals surface area contributed by atoms with Crippen LogP contribution in [-0.2, 0) is 6.42 Å². The lowest BCUT2D eigenvalue weighted by atomic mass is 9.78. The van der Waals surface area contributed by atoms with Gasteiger partial charge in [-0.1, -0.05) is 0 Å². The van der Waals surface area contributed by atoms with E-state index in [2.05, 4.69) is 20.8 Å². The molecule has 3 saturated heterocycles. The van der Waals surface area contributed by atoms with Crippen molar-refractivity contribution < 1.29 is 14.9 Å². The first-order valence-corrected chi connectivity index (χ1v) is 8.45. The molecule has 3 aliphatic rings. The predicted molar refractivity (Wildman–Crippen MR) is 84.8 cm³/mol. The van der Waals surface area contributed by atoms with Crippen molar-refractivity contribution in [2.75, 3.05) is 19.7 Å². The van der Waals surface area contributed by atoms with Crippen molar-refractivity contribution in [3.05, 3.63) is 22.2 Å². The quantitative estimate of drug-likeness (QED) is 0.871. The van der Waals surface area contributed by atoms with Crippen LogP contribution in [0, 0.1) is 5.92 Å². The summed E-state index contributed by atoms with van der Waals surface area (Å²) < 4.78 is 6.13. The Morgan fingerprint density at radius 3 is 2.67 bits per heavy atom. The Hall–Kier alpha value is -0.780. The van der Waals surface area contributed by atoms with Gasteiger partial charge in [0, 0.05) is 6.04 Å². The Morgan fingerprint density at radius 1 is 1.33 bits per heavy atom. The molecule has 0 radical (unpaired) electrons. The van der Waals surface area contributed by atoms with E-state index in [0.717, 1.165) is 37.9 Å². The van der Waals surface area contributed by atoms with Gasteiger partial charge in [0.25, 0.3) is 0 Å². The summed E-state index contributed by atoms with van der Waals surface area (Å²) >= 11 is 3.38. The van der Waals surface area contributed by atoms with Crippen molar-refractivity contribution >= 4 is 15.9 Å². The molecule has 4 rings (SSSR count). The number of fused-ring (bicyclic) bond motifs is 3. The van der Waals surface area contributed by atoms with E-state index < -0.39 is 0 Å². The number of halogens is 1. The number of piperidine rings is 3. The van der Waals surface area contributed by atoms with Crippen LogP contribution in [-0.4, -0.2) is 47.0 Å². The van der Waals surface area contributed by atoms with Gasteiger partial charge >= 0.3 is 0 Å². The van der Waals surface area contributed by atoms with Crippen molar-refractivity contribution in [2.24, 2.45) is 5.92 Å². The molecule has 3 aliphatic heterocycles. The molecule has 2 bridgehead atoms. The minimum absolute atomic E-state index is 0.145. The number of aliphatic hydroxyl groups excluding tert-OH is 1. The van der Waals surface area contributed by atoms with Gasteiger partial charge in [-0.3, -0.25) is 4.90 Å². The third kappa shape index (κ3) is 2.91. The summed E-state index contributed by atoms with van der Waals surface area (Å²) in [5, 5.41) is 20.5. The van der Waals surface area contributed by atoms with E-state index in [-0.39, 0.29) is 17.9 Å². The Balaban J connectivity index is 1.81. The Morgan fingerprint density at radius 2 is 2.05 bits per heavy atom. The molecule has 2 atom stereocenters. The topological polar surface area (TPSA) is 52.9 Å². The fraction of sp³-hybridized carbons (Fsp3) is 0.625. The molecule has 1 aromatic carbocycles. The smallest absolute Gasteiger partial charge is 0.172 e. The van der Waals surface area contributed by atoms with E-state index in [1.807, 2.05) is 19.1 Å². The van der Waals surface area contributed by atoms with Gasteiger partial charge in [-0.25, -0.2) is 0 Å². The number of aliphatic hydroxyl groups is 1. The van der Waals surface area contributed by atoms with Crippen LogP contribution in [0.1, 0.15) is 25.3 Å². The first kappa shape index (κ1) is 15.1. The second-order valence-electron chi connectivity index (χ2n) is 5.99. The van der Waals surface area contributed by atoms with E-state index in [1.165, 1.54) is 0 Å². The van der Waals surface area contributed by atoms with E-state index in [0.29, 0.717) is 22.7 Å². The SMILES string of the molecule is CCOc1cc(CC2C(O)C3CCN2CC3)cc(Br)c1O. The number of ether oxygens (including phenoxy) is 1. The van der Waals surface area contributed by atoms with Gasteiger partial charge in [-0.15, -0.1) is 0 Å². The van der Waals surface area contributed by atoms with Crippen molar-refractivity contribution in [1.29, 1.82) is 0 Å². The molecule has 0 spiro atoms. The zero-order valence-corrected chi connectivity index (χ0v) is 13.8. The lowest BCUT2D eigenvalue weighted by Crippen LogP contribution is -2.58. The summed E-state index contributed by atoms with van der Waals surface area (Å²) in [6.45, 7) is 4.59. The van der Waals surface area contributed by atoms with Crippen LogP contribution in [0.5, 0.6) is 11.5 Å². The summed E-state index contributed by atoms with van der Waals surface area (Å²) in [5.74, 6) is 1.10. The summed E-state index contributed by atoms with van der Waals surface area (Å²) in [5.41, 5.74) is 1.08. The molecule has 0 aromatic heterocycles. The number of rotatable bonds is 4. The van der Waals surface area contributed by atoms with Crippen LogP contribution >= 0.6 is 15.9 Å². The highest BCUT2D eigenvalue weighted by Gasteiger charge is 2.41. The van der Waals surface area contributed by atoms with E-state index in [9.17, 15) is 10.2 Å². The van der Waals surface area contributed by atoms with Crippen molar-refractivity contribution in [2.45, 2.75) is 38.3 Å². The molecule has 0 amide bonds. The number of benzene rings is 1. The van der Waals surface area contributed by atoms with Gasteiger partial charge < -0.3 is 14.9 Å². The van der Waals surface area contributed by atoms with Crippen LogP contribution in [0.25, 0.3) is 0 Å². The molecular weight excluding hydrogens is 334 g/mol. The maximum atomic E-state index is 10.5. The Labute approximate surface area is 133 Å². The summed E-state index contributed by atoms with van der Waals surface area (Å²) in [6, 6.07) is 4.00. The summed E-state index contributed by atoms with van der Waals surface area (Å²) in [6.07, 6.45) is 2.77. The maximum absolute atomic E-state index is 10.5. The zero-order valence-electron chi connectivity index (χ0n) is 12.3. The maximum Gasteiger partial charge on any atom is 0.172 e. The number of hydrogen-bond donors (Lipinski definition) is 2. The monoisotopic (exact) mass is 355 g/mol. The van der Waals surface area contributed by atoms with Gasteiger partial charge in [-0.05, 0) is 78.8 Å². The van der Waals surface area contributed by atoms with E-state index >= 15 is 0 Å². The third-order valence-electron chi connectivity index (χ3n) is 4.75. The van der Waals surface area contributed by atoms with Crippen LogP contribution in [0.15, 0.2) is 16.6 Å². The van der Waals surface area contributed by atoms with Gasteiger partial charge in [0.05, 0.1) is 17.2 Å². The summed E-state index contributed by atoms with van der Waals surface area (Å²) in [4.78, 5) is 2.39. The van der Waals surface area contributed by atoms with Gasteiger partial charge in [0.1, 0.15) is 0 Å². The molecular formula is C16H22BrNO3. The first-order chi connectivity index (χ1) is 10.1. The molecule has 5 heteroatoms. The van der Waals surface area contributed by atoms with Crippen LogP contribution in [0.4, 0.5) is 0 Å². The van der Waals surface area contributed by atoms with Crippen molar-refractivity contribution in [1.82, 2.24) is 4.90 Å². The Bertz CT molecular complexity index is 512. The van der Waals surface area contributed by atoms with Crippen molar-refractivity contribution in [3.63, 3.8) is 0 Å².